The fourth-order valence-electron chi connectivity index (χ4n) is 1.45. The first-order chi connectivity index (χ1) is 6.79. The van der Waals surface area contributed by atoms with Crippen LogP contribution in [0.3, 0.4) is 0 Å². The van der Waals surface area contributed by atoms with Crippen LogP contribution in [0.4, 0.5) is 0 Å². The molecule has 72 valence electrons. The Balaban J connectivity index is 2.47. The van der Waals surface area contributed by atoms with E-state index >= 15 is 0 Å². The largest absolute Gasteiger partial charge is 0.328 e. The number of pyridine rings is 1. The van der Waals surface area contributed by atoms with Crippen LogP contribution >= 0.6 is 0 Å². The Kier molecular flexibility index (Phi) is 2.31. The van der Waals surface area contributed by atoms with Gasteiger partial charge < -0.3 is 4.57 Å². The van der Waals surface area contributed by atoms with E-state index < -0.39 is 0 Å². The van der Waals surface area contributed by atoms with Gasteiger partial charge in [0.1, 0.15) is 5.82 Å². The van der Waals surface area contributed by atoms with E-state index in [1.54, 1.807) is 12.4 Å². The molecule has 2 heterocycles. The predicted octanol–water partition coefficient (Wildman–Crippen LogP) is 2.53. The van der Waals surface area contributed by atoms with Crippen molar-refractivity contribution in [1.29, 1.82) is 0 Å². The maximum Gasteiger partial charge on any atom is 0.140 e. The summed E-state index contributed by atoms with van der Waals surface area (Å²) < 4.78 is 2.15. The van der Waals surface area contributed by atoms with Gasteiger partial charge in [0.15, 0.2) is 0 Å². The molecular weight excluding hydrogens is 174 g/mol. The third kappa shape index (κ3) is 1.53. The first-order valence-electron chi connectivity index (χ1n) is 4.72. The minimum Gasteiger partial charge on any atom is -0.328 e. The van der Waals surface area contributed by atoms with E-state index in [-0.39, 0.29) is 0 Å². The zero-order valence-electron chi connectivity index (χ0n) is 8.38. The number of imidazole rings is 1. The molecule has 0 bridgehead atoms. The Morgan fingerprint density at radius 2 is 1.86 bits per heavy atom. The third-order valence-corrected chi connectivity index (χ3v) is 2.16. The number of rotatable bonds is 2. The molecule has 3 nitrogen and oxygen atoms in total. The zero-order chi connectivity index (χ0) is 9.97. The molecule has 2 rings (SSSR count). The van der Waals surface area contributed by atoms with Crippen molar-refractivity contribution in [1.82, 2.24) is 14.5 Å². The highest BCUT2D eigenvalue weighted by Gasteiger charge is 2.06. The lowest BCUT2D eigenvalue weighted by Gasteiger charge is -2.10. The summed E-state index contributed by atoms with van der Waals surface area (Å²) in [6.45, 7) is 4.29. The summed E-state index contributed by atoms with van der Waals surface area (Å²) in [7, 11) is 0. The van der Waals surface area contributed by atoms with E-state index in [4.69, 9.17) is 0 Å². The lowest BCUT2D eigenvalue weighted by Crippen LogP contribution is -2.01. The molecule has 0 amide bonds. The van der Waals surface area contributed by atoms with Crippen molar-refractivity contribution in [3.8, 4) is 11.4 Å². The van der Waals surface area contributed by atoms with Crippen LogP contribution in [0.5, 0.6) is 0 Å². The summed E-state index contributed by atoms with van der Waals surface area (Å²) in [5.41, 5.74) is 1.11. The zero-order valence-corrected chi connectivity index (χ0v) is 8.38. The van der Waals surface area contributed by atoms with E-state index in [1.807, 2.05) is 24.5 Å². The van der Waals surface area contributed by atoms with Gasteiger partial charge in [-0.05, 0) is 26.0 Å². The number of aromatic nitrogens is 3. The third-order valence-electron chi connectivity index (χ3n) is 2.16. The van der Waals surface area contributed by atoms with Crippen molar-refractivity contribution in [3.05, 3.63) is 36.9 Å². The van der Waals surface area contributed by atoms with E-state index in [0.29, 0.717) is 6.04 Å². The topological polar surface area (TPSA) is 30.7 Å². The van der Waals surface area contributed by atoms with Gasteiger partial charge in [-0.3, -0.25) is 4.98 Å². The summed E-state index contributed by atoms with van der Waals surface area (Å²) in [4.78, 5) is 8.34. The molecule has 0 aromatic carbocycles. The van der Waals surface area contributed by atoms with Crippen LogP contribution in [0, 0.1) is 0 Å². The van der Waals surface area contributed by atoms with E-state index in [2.05, 4.69) is 28.4 Å². The molecule has 3 heteroatoms. The van der Waals surface area contributed by atoms with Gasteiger partial charge in [0.2, 0.25) is 0 Å². The van der Waals surface area contributed by atoms with Crippen molar-refractivity contribution in [2.24, 2.45) is 0 Å². The van der Waals surface area contributed by atoms with Crippen molar-refractivity contribution >= 4 is 0 Å². The van der Waals surface area contributed by atoms with Gasteiger partial charge >= 0.3 is 0 Å². The molecule has 14 heavy (non-hydrogen) atoms. The molecule has 0 saturated heterocycles. The minimum absolute atomic E-state index is 0.431. The number of nitrogens with zero attached hydrogens (tertiary/aromatic N) is 3. The highest BCUT2D eigenvalue weighted by atomic mass is 15.1. The number of hydrogen-bond acceptors (Lipinski definition) is 2. The highest BCUT2D eigenvalue weighted by molar-refractivity contribution is 5.54. The Hall–Kier alpha value is -1.64. The molecule has 0 aliphatic heterocycles. The molecule has 0 unspecified atom stereocenters. The van der Waals surface area contributed by atoms with Gasteiger partial charge in [-0.25, -0.2) is 4.98 Å². The average molecular weight is 187 g/mol. The molecule has 2 aromatic heterocycles. The van der Waals surface area contributed by atoms with Gasteiger partial charge in [0.25, 0.3) is 0 Å². The smallest absolute Gasteiger partial charge is 0.140 e. The fraction of sp³-hybridized carbons (Fsp3) is 0.273. The maximum atomic E-state index is 4.34. The molecule has 0 atom stereocenters. The Morgan fingerprint density at radius 3 is 2.50 bits per heavy atom. The van der Waals surface area contributed by atoms with Crippen LogP contribution in [0.2, 0.25) is 0 Å². The monoisotopic (exact) mass is 187 g/mol. The second kappa shape index (κ2) is 3.62. The average Bonchev–Trinajstić information content (AvgIpc) is 2.67. The predicted molar refractivity (Wildman–Crippen MR) is 55.8 cm³/mol. The molecule has 0 spiro atoms. The van der Waals surface area contributed by atoms with Crippen molar-refractivity contribution in [2.75, 3.05) is 0 Å². The first-order valence-corrected chi connectivity index (χ1v) is 4.72. The summed E-state index contributed by atoms with van der Waals surface area (Å²) in [5.74, 6) is 1.00. The second-order valence-corrected chi connectivity index (χ2v) is 3.49. The molecule has 2 aromatic rings. The Morgan fingerprint density at radius 1 is 1.14 bits per heavy atom. The quantitative estimate of drug-likeness (QED) is 0.723. The standard InChI is InChI=1S/C11H13N3/c1-9(2)14-8-7-13-11(14)10-3-5-12-6-4-10/h3-9H,1-2H3. The van der Waals surface area contributed by atoms with E-state index in [1.165, 1.54) is 0 Å². The van der Waals surface area contributed by atoms with E-state index in [0.717, 1.165) is 11.4 Å². The van der Waals surface area contributed by atoms with E-state index in [9.17, 15) is 0 Å². The van der Waals surface area contributed by atoms with Gasteiger partial charge in [-0.1, -0.05) is 0 Å². The van der Waals surface area contributed by atoms with Gasteiger partial charge in [-0.2, -0.15) is 0 Å². The normalized spacial score (nSPS) is 10.8. The summed E-state index contributed by atoms with van der Waals surface area (Å²) in [6.07, 6.45) is 7.40. The molecular formula is C11H13N3. The van der Waals surface area contributed by atoms with Crippen LogP contribution in [-0.2, 0) is 0 Å². The molecule has 0 aliphatic carbocycles. The van der Waals surface area contributed by atoms with Crippen LogP contribution in [0.15, 0.2) is 36.9 Å². The van der Waals surface area contributed by atoms with Gasteiger partial charge in [0.05, 0.1) is 0 Å². The Labute approximate surface area is 83.4 Å². The molecule has 0 radical (unpaired) electrons. The second-order valence-electron chi connectivity index (χ2n) is 3.49. The van der Waals surface area contributed by atoms with Crippen molar-refractivity contribution in [3.63, 3.8) is 0 Å². The molecule has 0 N–H and O–H groups in total. The summed E-state index contributed by atoms with van der Waals surface area (Å²) in [6, 6.07) is 4.38. The molecule has 0 fully saturated rings. The minimum atomic E-state index is 0.431. The van der Waals surface area contributed by atoms with Crippen LogP contribution < -0.4 is 0 Å². The molecule has 0 saturated carbocycles. The summed E-state index contributed by atoms with van der Waals surface area (Å²) in [5, 5.41) is 0. The fourth-order valence-corrected chi connectivity index (χ4v) is 1.45. The van der Waals surface area contributed by atoms with Gasteiger partial charge in [-0.15, -0.1) is 0 Å². The van der Waals surface area contributed by atoms with Crippen LogP contribution in [0.1, 0.15) is 19.9 Å². The lowest BCUT2D eigenvalue weighted by atomic mass is 10.2. The van der Waals surface area contributed by atoms with Crippen molar-refractivity contribution in [2.45, 2.75) is 19.9 Å². The summed E-state index contributed by atoms with van der Waals surface area (Å²) >= 11 is 0. The van der Waals surface area contributed by atoms with Crippen LogP contribution in [-0.4, -0.2) is 14.5 Å². The maximum absolute atomic E-state index is 4.34. The first kappa shape index (κ1) is 8.94. The number of hydrogen-bond donors (Lipinski definition) is 0. The highest BCUT2D eigenvalue weighted by Crippen LogP contribution is 2.19. The lowest BCUT2D eigenvalue weighted by molar-refractivity contribution is 0.606. The SMILES string of the molecule is CC(C)n1ccnc1-c1ccncc1. The van der Waals surface area contributed by atoms with Crippen LogP contribution in [0.25, 0.3) is 11.4 Å². The molecule has 0 aliphatic rings. The Bertz CT molecular complexity index is 403. The van der Waals surface area contributed by atoms with Gasteiger partial charge in [0, 0.05) is 36.4 Å². The van der Waals surface area contributed by atoms with Crippen molar-refractivity contribution < 1.29 is 0 Å².